The number of anilines is 2. The number of ether oxygens (including phenoxy) is 1. The number of urea groups is 1. The Morgan fingerprint density at radius 3 is 2.68 bits per heavy atom. The van der Waals surface area contributed by atoms with Gasteiger partial charge in [-0.1, -0.05) is 12.1 Å². The fourth-order valence-corrected chi connectivity index (χ4v) is 2.90. The molecular formula is C18H16FN3O2S. The lowest BCUT2D eigenvalue weighted by Gasteiger charge is -2.11. The molecule has 0 saturated carbocycles. The Kier molecular flexibility index (Phi) is 5.25. The molecule has 0 aliphatic carbocycles. The van der Waals surface area contributed by atoms with Crippen molar-refractivity contribution in [1.82, 2.24) is 4.98 Å². The molecule has 3 aromatic rings. The quantitative estimate of drug-likeness (QED) is 0.676. The zero-order chi connectivity index (χ0) is 17.6. The fourth-order valence-electron chi connectivity index (χ4n) is 2.19. The van der Waals surface area contributed by atoms with Crippen molar-refractivity contribution in [3.05, 3.63) is 59.7 Å². The van der Waals surface area contributed by atoms with Crippen LogP contribution in [-0.2, 0) is 0 Å². The average Bonchev–Trinajstić information content (AvgIpc) is 3.06. The molecule has 0 saturated heterocycles. The van der Waals surface area contributed by atoms with E-state index in [9.17, 15) is 9.18 Å². The number of carbonyl (C=O) groups excluding carboxylic acids is 1. The SMILES string of the molecule is CCOc1ccccc1NC(=O)Nc1nc(-c2ccc(F)cc2)cs1. The number of aromatic nitrogens is 1. The van der Waals surface area contributed by atoms with Gasteiger partial charge in [-0.3, -0.25) is 5.32 Å². The topological polar surface area (TPSA) is 63.2 Å². The Labute approximate surface area is 148 Å². The fraction of sp³-hybridized carbons (Fsp3) is 0.111. The first-order chi connectivity index (χ1) is 12.2. The number of hydrogen-bond donors (Lipinski definition) is 2. The summed E-state index contributed by atoms with van der Waals surface area (Å²) in [7, 11) is 0. The van der Waals surface area contributed by atoms with Crippen LogP contribution in [0.25, 0.3) is 11.3 Å². The highest BCUT2D eigenvalue weighted by molar-refractivity contribution is 7.14. The van der Waals surface area contributed by atoms with E-state index in [0.29, 0.717) is 28.9 Å². The number of thiazole rings is 1. The summed E-state index contributed by atoms with van der Waals surface area (Å²) in [5, 5.41) is 7.68. The van der Waals surface area contributed by atoms with Crippen molar-refractivity contribution < 1.29 is 13.9 Å². The number of nitrogens with one attached hydrogen (secondary N) is 2. The number of amides is 2. The Bertz CT molecular complexity index is 865. The molecule has 0 aliphatic rings. The molecule has 0 spiro atoms. The third-order valence-electron chi connectivity index (χ3n) is 3.30. The highest BCUT2D eigenvalue weighted by Crippen LogP contribution is 2.26. The Hall–Kier alpha value is -2.93. The average molecular weight is 357 g/mol. The number of carbonyl (C=O) groups is 1. The summed E-state index contributed by atoms with van der Waals surface area (Å²) in [4.78, 5) is 16.5. The highest BCUT2D eigenvalue weighted by Gasteiger charge is 2.10. The molecule has 2 amide bonds. The van der Waals surface area contributed by atoms with Crippen molar-refractivity contribution in [1.29, 1.82) is 0 Å². The van der Waals surface area contributed by atoms with E-state index in [2.05, 4.69) is 15.6 Å². The maximum absolute atomic E-state index is 13.0. The summed E-state index contributed by atoms with van der Waals surface area (Å²) in [6, 6.07) is 12.8. The molecule has 5 nitrogen and oxygen atoms in total. The van der Waals surface area contributed by atoms with Gasteiger partial charge >= 0.3 is 6.03 Å². The van der Waals surface area contributed by atoms with Crippen LogP contribution in [0.4, 0.5) is 20.0 Å². The van der Waals surface area contributed by atoms with Crippen molar-refractivity contribution in [2.45, 2.75) is 6.92 Å². The van der Waals surface area contributed by atoms with E-state index in [4.69, 9.17) is 4.74 Å². The summed E-state index contributed by atoms with van der Waals surface area (Å²) < 4.78 is 18.5. The molecule has 2 aromatic carbocycles. The van der Waals surface area contributed by atoms with Crippen LogP contribution in [0.3, 0.4) is 0 Å². The van der Waals surface area contributed by atoms with Crippen LogP contribution in [0.5, 0.6) is 5.75 Å². The highest BCUT2D eigenvalue weighted by atomic mass is 32.1. The van der Waals surface area contributed by atoms with E-state index < -0.39 is 6.03 Å². The standard InChI is InChI=1S/C18H16FN3O2S/c1-2-24-16-6-4-3-5-14(16)20-17(23)22-18-21-15(11-25-18)12-7-9-13(19)10-8-12/h3-11H,2H2,1H3,(H2,20,21,22,23). The second-order valence-corrected chi connectivity index (χ2v) is 5.91. The molecule has 128 valence electrons. The lowest BCUT2D eigenvalue weighted by Crippen LogP contribution is -2.19. The van der Waals surface area contributed by atoms with Gasteiger partial charge in [0.15, 0.2) is 5.13 Å². The maximum Gasteiger partial charge on any atom is 0.325 e. The van der Waals surface area contributed by atoms with Gasteiger partial charge in [0.1, 0.15) is 11.6 Å². The first kappa shape index (κ1) is 16.9. The third-order valence-corrected chi connectivity index (χ3v) is 4.06. The van der Waals surface area contributed by atoms with Crippen molar-refractivity contribution in [3.8, 4) is 17.0 Å². The summed E-state index contributed by atoms with van der Waals surface area (Å²) >= 11 is 1.29. The second kappa shape index (κ2) is 7.76. The van der Waals surface area contributed by atoms with Gasteiger partial charge < -0.3 is 10.1 Å². The molecule has 3 rings (SSSR count). The van der Waals surface area contributed by atoms with Gasteiger partial charge in [0.2, 0.25) is 0 Å². The van der Waals surface area contributed by atoms with Crippen LogP contribution in [0.15, 0.2) is 53.9 Å². The largest absolute Gasteiger partial charge is 0.492 e. The van der Waals surface area contributed by atoms with E-state index in [0.717, 1.165) is 5.56 Å². The molecule has 0 atom stereocenters. The lowest BCUT2D eigenvalue weighted by molar-refractivity contribution is 0.262. The normalized spacial score (nSPS) is 10.3. The van der Waals surface area contributed by atoms with Crippen molar-refractivity contribution in [3.63, 3.8) is 0 Å². The Morgan fingerprint density at radius 2 is 1.92 bits per heavy atom. The van der Waals surface area contributed by atoms with Gasteiger partial charge in [-0.2, -0.15) is 0 Å². The minimum Gasteiger partial charge on any atom is -0.492 e. The van der Waals surface area contributed by atoms with E-state index >= 15 is 0 Å². The predicted molar refractivity (Wildman–Crippen MR) is 97.8 cm³/mol. The smallest absolute Gasteiger partial charge is 0.325 e. The Morgan fingerprint density at radius 1 is 1.16 bits per heavy atom. The van der Waals surface area contributed by atoms with E-state index in [1.165, 1.54) is 23.5 Å². The first-order valence-electron chi connectivity index (χ1n) is 7.67. The zero-order valence-corrected chi connectivity index (χ0v) is 14.3. The lowest BCUT2D eigenvalue weighted by atomic mass is 10.2. The molecule has 2 N–H and O–H groups in total. The monoisotopic (exact) mass is 357 g/mol. The maximum atomic E-state index is 13.0. The second-order valence-electron chi connectivity index (χ2n) is 5.05. The van der Waals surface area contributed by atoms with Gasteiger partial charge in [-0.05, 0) is 43.3 Å². The summed E-state index contributed by atoms with van der Waals surface area (Å²) in [6.07, 6.45) is 0. The summed E-state index contributed by atoms with van der Waals surface area (Å²) in [5.41, 5.74) is 2.04. The van der Waals surface area contributed by atoms with Crippen LogP contribution in [0.2, 0.25) is 0 Å². The molecule has 0 aliphatic heterocycles. The van der Waals surface area contributed by atoms with Crippen LogP contribution in [-0.4, -0.2) is 17.6 Å². The number of rotatable bonds is 5. The van der Waals surface area contributed by atoms with Crippen LogP contribution < -0.4 is 15.4 Å². The number of halogens is 1. The minimum absolute atomic E-state index is 0.301. The van der Waals surface area contributed by atoms with Gasteiger partial charge in [-0.25, -0.2) is 14.2 Å². The summed E-state index contributed by atoms with van der Waals surface area (Å²) in [6.45, 7) is 2.39. The molecule has 0 bridgehead atoms. The van der Waals surface area contributed by atoms with Crippen LogP contribution in [0.1, 0.15) is 6.92 Å². The summed E-state index contributed by atoms with van der Waals surface area (Å²) in [5.74, 6) is 0.302. The predicted octanol–water partition coefficient (Wildman–Crippen LogP) is 4.99. The van der Waals surface area contributed by atoms with Crippen LogP contribution >= 0.6 is 11.3 Å². The molecule has 0 radical (unpaired) electrons. The van der Waals surface area contributed by atoms with Crippen LogP contribution in [0, 0.1) is 5.82 Å². The number of hydrogen-bond acceptors (Lipinski definition) is 4. The van der Waals surface area contributed by atoms with Crippen molar-refractivity contribution >= 4 is 28.2 Å². The first-order valence-corrected chi connectivity index (χ1v) is 8.55. The molecule has 7 heteroatoms. The van der Waals surface area contributed by atoms with E-state index in [-0.39, 0.29) is 5.82 Å². The van der Waals surface area contributed by atoms with Gasteiger partial charge in [0, 0.05) is 10.9 Å². The number of nitrogens with zero attached hydrogens (tertiary/aromatic N) is 1. The molecular weight excluding hydrogens is 341 g/mol. The third kappa shape index (κ3) is 4.33. The van der Waals surface area contributed by atoms with Gasteiger partial charge in [-0.15, -0.1) is 11.3 Å². The van der Waals surface area contributed by atoms with E-state index in [1.54, 1.807) is 29.6 Å². The van der Waals surface area contributed by atoms with Crippen molar-refractivity contribution in [2.75, 3.05) is 17.2 Å². The molecule has 0 fully saturated rings. The molecule has 1 heterocycles. The zero-order valence-electron chi connectivity index (χ0n) is 13.5. The Balaban J connectivity index is 1.67. The van der Waals surface area contributed by atoms with Crippen molar-refractivity contribution in [2.24, 2.45) is 0 Å². The van der Waals surface area contributed by atoms with Gasteiger partial charge in [0.25, 0.3) is 0 Å². The molecule has 25 heavy (non-hydrogen) atoms. The number of para-hydroxylation sites is 2. The molecule has 1 aromatic heterocycles. The number of benzene rings is 2. The molecule has 0 unspecified atom stereocenters. The van der Waals surface area contributed by atoms with Gasteiger partial charge in [0.05, 0.1) is 18.0 Å². The van der Waals surface area contributed by atoms with E-state index in [1.807, 2.05) is 19.1 Å². The minimum atomic E-state index is -0.410.